The third-order valence-electron chi connectivity index (χ3n) is 3.46. The predicted octanol–water partition coefficient (Wildman–Crippen LogP) is 1.60. The van der Waals surface area contributed by atoms with Crippen LogP contribution in [0.15, 0.2) is 35.6 Å². The second-order valence-electron chi connectivity index (χ2n) is 4.99. The van der Waals surface area contributed by atoms with Crippen molar-refractivity contribution in [3.63, 3.8) is 0 Å². The zero-order valence-corrected chi connectivity index (χ0v) is 12.3. The Morgan fingerprint density at radius 2 is 1.95 bits per heavy atom. The van der Waals surface area contributed by atoms with E-state index in [1.807, 2.05) is 6.07 Å². The highest BCUT2D eigenvalue weighted by atomic mass is 32.2. The van der Waals surface area contributed by atoms with Crippen LogP contribution in [-0.2, 0) is 10.0 Å². The molecular weight excluding hydrogens is 290 g/mol. The molecule has 0 unspecified atom stereocenters. The first-order chi connectivity index (χ1) is 10.1. The van der Waals surface area contributed by atoms with Gasteiger partial charge in [-0.05, 0) is 31.4 Å². The number of hydrogen-bond donors (Lipinski definition) is 2. The third-order valence-corrected chi connectivity index (χ3v) is 4.81. The SMILES string of the molecule is O=S(=O)(Nc1ccc(N2CCCCC2)nc1)c1cn[nH]c1. The molecule has 8 heteroatoms. The number of piperidine rings is 1. The number of H-pyrrole nitrogens is 1. The topological polar surface area (TPSA) is 91.0 Å². The average Bonchev–Trinajstić information content (AvgIpc) is 3.04. The number of aromatic nitrogens is 3. The Labute approximate surface area is 123 Å². The highest BCUT2D eigenvalue weighted by Crippen LogP contribution is 2.20. The van der Waals surface area contributed by atoms with Crippen LogP contribution < -0.4 is 9.62 Å². The normalized spacial score (nSPS) is 15.9. The molecule has 7 nitrogen and oxygen atoms in total. The molecule has 0 spiro atoms. The molecule has 0 saturated carbocycles. The number of nitrogens with one attached hydrogen (secondary N) is 2. The van der Waals surface area contributed by atoms with E-state index in [1.165, 1.54) is 31.7 Å². The third kappa shape index (κ3) is 3.15. The van der Waals surface area contributed by atoms with Crippen LogP contribution in [0.25, 0.3) is 0 Å². The van der Waals surface area contributed by atoms with Gasteiger partial charge in [0.2, 0.25) is 0 Å². The Morgan fingerprint density at radius 1 is 1.14 bits per heavy atom. The molecule has 2 aromatic rings. The Morgan fingerprint density at radius 3 is 2.57 bits per heavy atom. The number of pyridine rings is 1. The first kappa shape index (κ1) is 13.9. The van der Waals surface area contributed by atoms with Gasteiger partial charge in [-0.25, -0.2) is 13.4 Å². The van der Waals surface area contributed by atoms with E-state index in [0.29, 0.717) is 5.69 Å². The molecule has 0 atom stereocenters. The van der Waals surface area contributed by atoms with E-state index in [-0.39, 0.29) is 4.90 Å². The first-order valence-electron chi connectivity index (χ1n) is 6.88. The Kier molecular flexibility index (Phi) is 3.78. The highest BCUT2D eigenvalue weighted by molar-refractivity contribution is 7.92. The van der Waals surface area contributed by atoms with Crippen LogP contribution in [0.2, 0.25) is 0 Å². The zero-order valence-electron chi connectivity index (χ0n) is 11.5. The zero-order chi connectivity index (χ0) is 14.7. The second-order valence-corrected chi connectivity index (χ2v) is 6.67. The van der Waals surface area contributed by atoms with Gasteiger partial charge in [-0.15, -0.1) is 0 Å². The van der Waals surface area contributed by atoms with E-state index in [4.69, 9.17) is 0 Å². The van der Waals surface area contributed by atoms with Crippen LogP contribution in [0.4, 0.5) is 11.5 Å². The van der Waals surface area contributed by atoms with Gasteiger partial charge in [0.15, 0.2) is 0 Å². The number of sulfonamides is 1. The van der Waals surface area contributed by atoms with Crippen molar-refractivity contribution in [3.8, 4) is 0 Å². The minimum Gasteiger partial charge on any atom is -0.357 e. The maximum absolute atomic E-state index is 12.0. The number of rotatable bonds is 4. The molecule has 1 aliphatic heterocycles. The molecule has 0 aliphatic carbocycles. The van der Waals surface area contributed by atoms with Crippen molar-refractivity contribution in [3.05, 3.63) is 30.7 Å². The van der Waals surface area contributed by atoms with E-state index in [2.05, 4.69) is 24.8 Å². The van der Waals surface area contributed by atoms with Crippen molar-refractivity contribution in [1.29, 1.82) is 0 Å². The molecule has 2 N–H and O–H groups in total. The number of nitrogens with zero attached hydrogens (tertiary/aromatic N) is 3. The second kappa shape index (κ2) is 5.72. The van der Waals surface area contributed by atoms with Gasteiger partial charge in [-0.1, -0.05) is 0 Å². The molecule has 112 valence electrons. The monoisotopic (exact) mass is 307 g/mol. The minimum absolute atomic E-state index is 0.0996. The van der Waals surface area contributed by atoms with Gasteiger partial charge in [0.05, 0.1) is 18.1 Å². The van der Waals surface area contributed by atoms with Crippen LogP contribution in [0.1, 0.15) is 19.3 Å². The molecule has 3 heterocycles. The summed E-state index contributed by atoms with van der Waals surface area (Å²) in [5, 5.41) is 6.12. The summed E-state index contributed by atoms with van der Waals surface area (Å²) in [6.45, 7) is 2.01. The first-order valence-corrected chi connectivity index (χ1v) is 8.36. The fourth-order valence-corrected chi connectivity index (χ4v) is 3.30. The Bertz CT molecular complexity index is 676. The molecule has 1 saturated heterocycles. The van der Waals surface area contributed by atoms with Crippen LogP contribution in [-0.4, -0.2) is 36.7 Å². The van der Waals surface area contributed by atoms with Gasteiger partial charge in [0.1, 0.15) is 10.7 Å². The number of aromatic amines is 1. The van der Waals surface area contributed by atoms with Gasteiger partial charge in [0.25, 0.3) is 10.0 Å². The van der Waals surface area contributed by atoms with Crippen molar-refractivity contribution >= 4 is 21.5 Å². The number of hydrogen-bond acceptors (Lipinski definition) is 5. The van der Waals surface area contributed by atoms with E-state index < -0.39 is 10.0 Å². The average molecular weight is 307 g/mol. The lowest BCUT2D eigenvalue weighted by molar-refractivity contribution is 0.573. The summed E-state index contributed by atoms with van der Waals surface area (Å²) in [5.41, 5.74) is 0.442. The standard InChI is InChI=1S/C13H17N5O2S/c19-21(20,12-9-15-16-10-12)17-11-4-5-13(14-8-11)18-6-2-1-3-7-18/h4-5,8-10,17H,1-3,6-7H2,(H,15,16). The molecule has 2 aromatic heterocycles. The van der Waals surface area contributed by atoms with Gasteiger partial charge in [-0.2, -0.15) is 5.10 Å². The molecule has 1 aliphatic rings. The van der Waals surface area contributed by atoms with Gasteiger partial charge < -0.3 is 4.90 Å². The molecule has 0 radical (unpaired) electrons. The maximum atomic E-state index is 12.0. The quantitative estimate of drug-likeness (QED) is 0.895. The summed E-state index contributed by atoms with van der Waals surface area (Å²) in [6, 6.07) is 3.58. The Balaban J connectivity index is 1.72. The molecular formula is C13H17N5O2S. The van der Waals surface area contributed by atoms with Crippen LogP contribution in [0.3, 0.4) is 0 Å². The summed E-state index contributed by atoms with van der Waals surface area (Å²) < 4.78 is 26.6. The summed E-state index contributed by atoms with van der Waals surface area (Å²) in [6.07, 6.45) is 7.75. The van der Waals surface area contributed by atoms with Crippen molar-refractivity contribution in [2.75, 3.05) is 22.7 Å². The summed E-state index contributed by atoms with van der Waals surface area (Å²) in [5.74, 6) is 0.890. The van der Waals surface area contributed by atoms with Crippen LogP contribution >= 0.6 is 0 Å². The lowest BCUT2D eigenvalue weighted by Crippen LogP contribution is -2.30. The van der Waals surface area contributed by atoms with Crippen molar-refractivity contribution in [1.82, 2.24) is 15.2 Å². The largest absolute Gasteiger partial charge is 0.357 e. The molecule has 21 heavy (non-hydrogen) atoms. The molecule has 1 fully saturated rings. The van der Waals surface area contributed by atoms with Crippen LogP contribution in [0, 0.1) is 0 Å². The van der Waals surface area contributed by atoms with Crippen molar-refractivity contribution < 1.29 is 8.42 Å². The predicted molar refractivity (Wildman–Crippen MR) is 79.7 cm³/mol. The minimum atomic E-state index is -3.61. The molecule has 3 rings (SSSR count). The van der Waals surface area contributed by atoms with E-state index in [0.717, 1.165) is 18.9 Å². The lowest BCUT2D eigenvalue weighted by Gasteiger charge is -2.27. The van der Waals surface area contributed by atoms with E-state index >= 15 is 0 Å². The van der Waals surface area contributed by atoms with Gasteiger partial charge >= 0.3 is 0 Å². The summed E-state index contributed by atoms with van der Waals surface area (Å²) in [4.78, 5) is 6.66. The van der Waals surface area contributed by atoms with Crippen molar-refractivity contribution in [2.45, 2.75) is 24.2 Å². The molecule has 0 bridgehead atoms. The van der Waals surface area contributed by atoms with E-state index in [1.54, 1.807) is 12.3 Å². The van der Waals surface area contributed by atoms with E-state index in [9.17, 15) is 8.42 Å². The Hall–Kier alpha value is -2.09. The smallest absolute Gasteiger partial charge is 0.265 e. The molecule has 0 aromatic carbocycles. The van der Waals surface area contributed by atoms with Crippen LogP contribution in [0.5, 0.6) is 0 Å². The number of anilines is 2. The summed E-state index contributed by atoms with van der Waals surface area (Å²) in [7, 11) is -3.61. The maximum Gasteiger partial charge on any atom is 0.265 e. The fraction of sp³-hybridized carbons (Fsp3) is 0.385. The molecule has 0 amide bonds. The fourth-order valence-electron chi connectivity index (χ4n) is 2.36. The summed E-state index contributed by atoms with van der Waals surface area (Å²) >= 11 is 0. The highest BCUT2D eigenvalue weighted by Gasteiger charge is 2.16. The van der Waals surface area contributed by atoms with Gasteiger partial charge in [0, 0.05) is 19.3 Å². The van der Waals surface area contributed by atoms with Crippen molar-refractivity contribution in [2.24, 2.45) is 0 Å². The van der Waals surface area contributed by atoms with Gasteiger partial charge in [-0.3, -0.25) is 9.82 Å². The lowest BCUT2D eigenvalue weighted by atomic mass is 10.1.